The Labute approximate surface area is 138 Å². The van der Waals surface area contributed by atoms with Crippen LogP contribution in [0.25, 0.3) is 0 Å². The molecule has 1 aliphatic heterocycles. The molecule has 0 spiro atoms. The minimum atomic E-state index is -6.52. The summed E-state index contributed by atoms with van der Waals surface area (Å²) < 4.78 is 91.5. The SMILES string of the molecule is CC(C)(C)[C@]1(O)CC(C(F)(F)C(F)(F)C(F)(F)F)=NN1C(=O)C1CC1. The van der Waals surface area contributed by atoms with Gasteiger partial charge in [-0.05, 0) is 12.8 Å². The Morgan fingerprint density at radius 3 is 1.96 bits per heavy atom. The lowest BCUT2D eigenvalue weighted by molar-refractivity contribution is -0.336. The van der Waals surface area contributed by atoms with Crippen LogP contribution in [0.15, 0.2) is 5.10 Å². The molecule has 25 heavy (non-hydrogen) atoms. The fourth-order valence-corrected chi connectivity index (χ4v) is 2.40. The van der Waals surface area contributed by atoms with Crippen molar-refractivity contribution < 1.29 is 40.6 Å². The van der Waals surface area contributed by atoms with E-state index in [-0.39, 0.29) is 5.01 Å². The third kappa shape index (κ3) is 2.89. The van der Waals surface area contributed by atoms with Crippen LogP contribution in [-0.2, 0) is 4.79 Å². The monoisotopic (exact) mass is 378 g/mol. The van der Waals surface area contributed by atoms with Crippen LogP contribution >= 0.6 is 0 Å². The highest BCUT2D eigenvalue weighted by Gasteiger charge is 2.76. The maximum atomic E-state index is 13.9. The number of nitrogens with zero attached hydrogens (tertiary/aromatic N) is 2. The zero-order valence-electron chi connectivity index (χ0n) is 13.6. The van der Waals surface area contributed by atoms with E-state index < -0.39 is 53.1 Å². The van der Waals surface area contributed by atoms with Crippen molar-refractivity contribution in [2.75, 3.05) is 0 Å². The van der Waals surface area contributed by atoms with Gasteiger partial charge in [-0.25, -0.2) is 5.01 Å². The molecular formula is C14H17F7N2O2. The highest BCUT2D eigenvalue weighted by Crippen LogP contribution is 2.52. The summed E-state index contributed by atoms with van der Waals surface area (Å²) in [5.74, 6) is -13.6. The first-order chi connectivity index (χ1) is 11.0. The highest BCUT2D eigenvalue weighted by molar-refractivity contribution is 5.97. The largest absolute Gasteiger partial charge is 0.460 e. The third-order valence-electron chi connectivity index (χ3n) is 4.43. The summed E-state index contributed by atoms with van der Waals surface area (Å²) in [5.41, 5.74) is -5.64. The van der Waals surface area contributed by atoms with E-state index in [1.54, 1.807) is 0 Å². The maximum Gasteiger partial charge on any atom is 0.460 e. The predicted molar refractivity (Wildman–Crippen MR) is 72.0 cm³/mol. The van der Waals surface area contributed by atoms with Gasteiger partial charge in [0, 0.05) is 17.8 Å². The van der Waals surface area contributed by atoms with Crippen molar-refractivity contribution in [2.24, 2.45) is 16.4 Å². The Kier molecular flexibility index (Phi) is 4.23. The van der Waals surface area contributed by atoms with E-state index in [0.717, 1.165) is 0 Å². The van der Waals surface area contributed by atoms with Crippen LogP contribution in [0.2, 0.25) is 0 Å². The number of hydrogen-bond donors (Lipinski definition) is 1. The van der Waals surface area contributed by atoms with Crippen LogP contribution < -0.4 is 0 Å². The summed E-state index contributed by atoms with van der Waals surface area (Å²) in [6.07, 6.45) is -7.04. The second kappa shape index (κ2) is 5.31. The average molecular weight is 378 g/mol. The van der Waals surface area contributed by atoms with Gasteiger partial charge in [0.05, 0.1) is 0 Å². The van der Waals surface area contributed by atoms with Crippen LogP contribution in [0.3, 0.4) is 0 Å². The lowest BCUT2D eigenvalue weighted by Crippen LogP contribution is -2.58. The highest BCUT2D eigenvalue weighted by atomic mass is 19.4. The van der Waals surface area contributed by atoms with Crippen molar-refractivity contribution in [3.05, 3.63) is 0 Å². The van der Waals surface area contributed by atoms with E-state index in [4.69, 9.17) is 0 Å². The molecule has 1 aliphatic carbocycles. The average Bonchev–Trinajstić information content (AvgIpc) is 3.18. The summed E-state index contributed by atoms with van der Waals surface area (Å²) in [7, 11) is 0. The Morgan fingerprint density at radius 2 is 1.60 bits per heavy atom. The molecule has 1 heterocycles. The van der Waals surface area contributed by atoms with Gasteiger partial charge < -0.3 is 5.11 Å². The second-order valence-electron chi connectivity index (χ2n) is 7.36. The molecule has 0 aromatic rings. The van der Waals surface area contributed by atoms with Crippen LogP contribution in [0.4, 0.5) is 30.7 Å². The number of rotatable bonds is 3. The molecule has 1 amide bonds. The summed E-state index contributed by atoms with van der Waals surface area (Å²) in [4.78, 5) is 12.2. The van der Waals surface area contributed by atoms with Crippen molar-refractivity contribution in [3.63, 3.8) is 0 Å². The summed E-state index contributed by atoms with van der Waals surface area (Å²) in [5, 5.41) is 14.0. The summed E-state index contributed by atoms with van der Waals surface area (Å²) >= 11 is 0. The molecule has 0 radical (unpaired) electrons. The fraction of sp³-hybridized carbons (Fsp3) is 0.857. The minimum Gasteiger partial charge on any atom is -0.368 e. The Morgan fingerprint density at radius 1 is 1.12 bits per heavy atom. The molecule has 0 aromatic carbocycles. The number of hydrazone groups is 1. The summed E-state index contributed by atoms with van der Waals surface area (Å²) in [6.45, 7) is 4.00. The van der Waals surface area contributed by atoms with Crippen molar-refractivity contribution in [1.29, 1.82) is 0 Å². The first-order valence-corrected chi connectivity index (χ1v) is 7.43. The van der Waals surface area contributed by atoms with Gasteiger partial charge >= 0.3 is 18.0 Å². The Balaban J connectivity index is 2.49. The number of aliphatic hydroxyl groups is 1. The van der Waals surface area contributed by atoms with Crippen LogP contribution in [0.1, 0.15) is 40.0 Å². The number of amides is 1. The fourth-order valence-electron chi connectivity index (χ4n) is 2.40. The number of hydrogen-bond acceptors (Lipinski definition) is 3. The van der Waals surface area contributed by atoms with Gasteiger partial charge in [-0.3, -0.25) is 4.79 Å². The molecule has 0 unspecified atom stereocenters. The molecule has 0 bridgehead atoms. The van der Waals surface area contributed by atoms with Gasteiger partial charge in [-0.15, -0.1) is 0 Å². The van der Waals surface area contributed by atoms with E-state index >= 15 is 0 Å². The van der Waals surface area contributed by atoms with Gasteiger partial charge in [0.15, 0.2) is 5.72 Å². The van der Waals surface area contributed by atoms with E-state index in [9.17, 15) is 40.6 Å². The lowest BCUT2D eigenvalue weighted by Gasteiger charge is -2.42. The van der Waals surface area contributed by atoms with E-state index in [1.807, 2.05) is 0 Å². The molecule has 2 aliphatic rings. The van der Waals surface area contributed by atoms with Crippen molar-refractivity contribution in [1.82, 2.24) is 5.01 Å². The predicted octanol–water partition coefficient (Wildman–Crippen LogP) is 3.55. The van der Waals surface area contributed by atoms with Crippen molar-refractivity contribution in [2.45, 2.75) is 63.8 Å². The molecule has 144 valence electrons. The molecule has 4 nitrogen and oxygen atoms in total. The van der Waals surface area contributed by atoms with Gasteiger partial charge in [-0.1, -0.05) is 20.8 Å². The zero-order valence-corrected chi connectivity index (χ0v) is 13.6. The first kappa shape index (κ1) is 19.9. The van der Waals surface area contributed by atoms with Gasteiger partial charge in [-0.2, -0.15) is 35.8 Å². The normalized spacial score (nSPS) is 26.0. The maximum absolute atomic E-state index is 13.9. The molecule has 1 saturated carbocycles. The standard InChI is InChI=1S/C14H17F7N2O2/c1-10(2,3)11(25)6-8(22-23(11)9(24)7-4-5-7)12(15,16)13(17,18)14(19,20)21/h7,25H,4-6H2,1-3H3/t11-/m1/s1. The molecule has 0 aromatic heterocycles. The minimum absolute atomic E-state index is 0.250. The van der Waals surface area contributed by atoms with E-state index in [1.165, 1.54) is 20.8 Å². The Hall–Kier alpha value is -1.39. The van der Waals surface area contributed by atoms with Crippen molar-refractivity contribution >= 4 is 11.6 Å². The molecule has 2 rings (SSSR count). The second-order valence-corrected chi connectivity index (χ2v) is 7.36. The number of carbonyl (C=O) groups is 1. The Bertz CT molecular complexity index is 605. The quantitative estimate of drug-likeness (QED) is 0.764. The third-order valence-corrected chi connectivity index (χ3v) is 4.43. The molecular weight excluding hydrogens is 361 g/mol. The molecule has 0 saturated heterocycles. The molecule has 1 atom stereocenters. The van der Waals surface area contributed by atoms with Gasteiger partial charge in [0.1, 0.15) is 5.71 Å². The van der Waals surface area contributed by atoms with Crippen LogP contribution in [0.5, 0.6) is 0 Å². The van der Waals surface area contributed by atoms with Crippen molar-refractivity contribution in [3.8, 4) is 0 Å². The van der Waals surface area contributed by atoms with E-state index in [2.05, 4.69) is 5.10 Å². The molecule has 1 fully saturated rings. The first-order valence-electron chi connectivity index (χ1n) is 7.43. The topological polar surface area (TPSA) is 52.9 Å². The van der Waals surface area contributed by atoms with Gasteiger partial charge in [0.2, 0.25) is 5.91 Å². The molecule has 1 N–H and O–H groups in total. The number of carbonyl (C=O) groups excluding carboxylic acids is 1. The lowest BCUT2D eigenvalue weighted by atomic mass is 9.79. The van der Waals surface area contributed by atoms with Gasteiger partial charge in [0.25, 0.3) is 0 Å². The zero-order chi connectivity index (χ0) is 19.6. The number of alkyl halides is 7. The van der Waals surface area contributed by atoms with E-state index in [0.29, 0.717) is 12.8 Å². The summed E-state index contributed by atoms with van der Waals surface area (Å²) in [6, 6.07) is 0. The van der Waals surface area contributed by atoms with Crippen LogP contribution in [-0.4, -0.2) is 45.5 Å². The van der Waals surface area contributed by atoms with Crippen LogP contribution in [0, 0.1) is 11.3 Å². The molecule has 11 heteroatoms. The smallest absolute Gasteiger partial charge is 0.368 e. The number of halogens is 7.